The van der Waals surface area contributed by atoms with Crippen LogP contribution in [0.2, 0.25) is 0 Å². The minimum atomic E-state index is -0.469. The van der Waals surface area contributed by atoms with Gasteiger partial charge in [0.1, 0.15) is 5.69 Å². The van der Waals surface area contributed by atoms with Crippen molar-refractivity contribution in [3.05, 3.63) is 50.8 Å². The number of ether oxygens (including phenoxy) is 1. The Morgan fingerprint density at radius 2 is 2.17 bits per heavy atom. The van der Waals surface area contributed by atoms with Crippen LogP contribution in [0.15, 0.2) is 18.2 Å². The monoisotopic (exact) mass is 401 g/mol. The number of likely N-dealkylation sites (tertiary alicyclic amines) is 1. The summed E-state index contributed by atoms with van der Waals surface area (Å²) in [4.78, 5) is 26.1. The van der Waals surface area contributed by atoms with Crippen molar-refractivity contribution in [1.29, 1.82) is 0 Å². The van der Waals surface area contributed by atoms with Crippen LogP contribution in [0.5, 0.6) is 0 Å². The first-order chi connectivity index (χ1) is 13.8. The molecule has 29 heavy (non-hydrogen) atoms. The summed E-state index contributed by atoms with van der Waals surface area (Å²) in [6.45, 7) is 5.45. The average molecular weight is 401 g/mol. The van der Waals surface area contributed by atoms with Crippen molar-refractivity contribution < 1.29 is 14.5 Å². The van der Waals surface area contributed by atoms with Crippen molar-refractivity contribution in [1.82, 2.24) is 14.7 Å². The van der Waals surface area contributed by atoms with Gasteiger partial charge < -0.3 is 15.0 Å². The summed E-state index contributed by atoms with van der Waals surface area (Å²) in [5.41, 5.74) is 3.61. The largest absolute Gasteiger partial charge is 0.383 e. The van der Waals surface area contributed by atoms with E-state index in [4.69, 9.17) is 4.74 Å². The summed E-state index contributed by atoms with van der Waals surface area (Å²) < 4.78 is 6.80. The maximum absolute atomic E-state index is 13.2. The van der Waals surface area contributed by atoms with Crippen LogP contribution in [0.3, 0.4) is 0 Å². The molecule has 2 aromatic rings. The van der Waals surface area contributed by atoms with Crippen molar-refractivity contribution >= 4 is 17.3 Å². The average Bonchev–Trinajstić information content (AvgIpc) is 3.25. The van der Waals surface area contributed by atoms with E-state index in [-0.39, 0.29) is 17.6 Å². The van der Waals surface area contributed by atoms with E-state index in [1.807, 2.05) is 30.5 Å². The van der Waals surface area contributed by atoms with E-state index >= 15 is 0 Å². The zero-order valence-corrected chi connectivity index (χ0v) is 17.3. The Bertz CT molecular complexity index is 924. The van der Waals surface area contributed by atoms with Crippen LogP contribution in [-0.2, 0) is 11.8 Å². The summed E-state index contributed by atoms with van der Waals surface area (Å²) in [7, 11) is 3.46. The molecule has 1 aromatic carbocycles. The van der Waals surface area contributed by atoms with Crippen LogP contribution < -0.4 is 5.32 Å². The van der Waals surface area contributed by atoms with Crippen molar-refractivity contribution in [3.63, 3.8) is 0 Å². The van der Waals surface area contributed by atoms with E-state index in [0.717, 1.165) is 29.8 Å². The Morgan fingerprint density at radius 1 is 1.41 bits per heavy atom. The highest BCUT2D eigenvalue weighted by Crippen LogP contribution is 2.37. The number of amides is 1. The lowest BCUT2D eigenvalue weighted by Crippen LogP contribution is -2.31. The first kappa shape index (κ1) is 20.8. The van der Waals surface area contributed by atoms with Crippen molar-refractivity contribution in [2.24, 2.45) is 7.05 Å². The Balaban J connectivity index is 1.89. The van der Waals surface area contributed by atoms with Gasteiger partial charge in [0.15, 0.2) is 0 Å². The summed E-state index contributed by atoms with van der Waals surface area (Å²) in [6, 6.07) is 4.53. The number of nitro groups is 1. The van der Waals surface area contributed by atoms with Crippen LogP contribution in [0.25, 0.3) is 0 Å². The Hall–Kier alpha value is -2.94. The van der Waals surface area contributed by atoms with Crippen LogP contribution in [0.4, 0.5) is 11.4 Å². The second-order valence-corrected chi connectivity index (χ2v) is 7.27. The highest BCUT2D eigenvalue weighted by molar-refractivity contribution is 5.96. The minimum absolute atomic E-state index is 0.0604. The quantitative estimate of drug-likeness (QED) is 0.435. The number of methoxy groups -OCH3 is 1. The van der Waals surface area contributed by atoms with E-state index in [1.165, 1.54) is 6.07 Å². The van der Waals surface area contributed by atoms with Gasteiger partial charge in [0, 0.05) is 50.1 Å². The third kappa shape index (κ3) is 4.09. The third-order valence-electron chi connectivity index (χ3n) is 5.47. The third-order valence-corrected chi connectivity index (χ3v) is 5.47. The molecule has 2 heterocycles. The summed E-state index contributed by atoms with van der Waals surface area (Å²) in [5.74, 6) is -0.193. The molecule has 1 unspecified atom stereocenters. The molecule has 0 radical (unpaired) electrons. The molecular weight excluding hydrogens is 374 g/mol. The van der Waals surface area contributed by atoms with Gasteiger partial charge >= 0.3 is 0 Å². The lowest BCUT2D eigenvalue weighted by molar-refractivity contribution is -0.384. The molecular formula is C20H27N5O4. The number of nitrogens with zero attached hydrogens (tertiary/aromatic N) is 4. The Morgan fingerprint density at radius 3 is 2.79 bits per heavy atom. The molecule has 1 aliphatic heterocycles. The fraction of sp³-hybridized carbons (Fsp3) is 0.500. The maximum Gasteiger partial charge on any atom is 0.293 e. The first-order valence-electron chi connectivity index (χ1n) is 9.67. The number of nitrogens with one attached hydrogen (secondary N) is 1. The minimum Gasteiger partial charge on any atom is -0.383 e. The van der Waals surface area contributed by atoms with Gasteiger partial charge in [0.2, 0.25) is 0 Å². The van der Waals surface area contributed by atoms with Crippen LogP contribution in [0.1, 0.15) is 46.2 Å². The second-order valence-electron chi connectivity index (χ2n) is 7.27. The summed E-state index contributed by atoms with van der Waals surface area (Å²) in [5, 5.41) is 19.0. The number of anilines is 1. The molecule has 1 aromatic heterocycles. The standard InChI is InChI=1S/C20H27N5O4/c1-13-19(14(2)23(3)22-13)17-6-5-10-24(17)20(26)15-7-8-16(21-9-11-29-4)18(12-15)25(27)28/h7-8,12,17,21H,5-6,9-11H2,1-4H3. The van der Waals surface area contributed by atoms with E-state index < -0.39 is 4.92 Å². The lowest BCUT2D eigenvalue weighted by atomic mass is 10.0. The van der Waals surface area contributed by atoms with Gasteiger partial charge in [-0.25, -0.2) is 0 Å². The first-order valence-corrected chi connectivity index (χ1v) is 9.67. The molecule has 156 valence electrons. The number of aromatic nitrogens is 2. The van der Waals surface area contributed by atoms with Gasteiger partial charge in [0.05, 0.1) is 23.3 Å². The summed E-state index contributed by atoms with van der Waals surface area (Å²) >= 11 is 0. The molecule has 0 aliphatic carbocycles. The SMILES string of the molecule is COCCNc1ccc(C(=O)N2CCCC2c2c(C)nn(C)c2C)cc1[N+](=O)[O-]. The van der Waals surface area contributed by atoms with Gasteiger partial charge in [-0.1, -0.05) is 0 Å². The fourth-order valence-electron chi connectivity index (χ4n) is 4.00. The predicted molar refractivity (Wildman–Crippen MR) is 109 cm³/mol. The van der Waals surface area contributed by atoms with Crippen molar-refractivity contribution in [3.8, 4) is 0 Å². The Labute approximate surface area is 169 Å². The number of hydrogen-bond acceptors (Lipinski definition) is 6. The topological polar surface area (TPSA) is 103 Å². The molecule has 9 nitrogen and oxygen atoms in total. The van der Waals surface area contributed by atoms with Gasteiger partial charge in [-0.15, -0.1) is 0 Å². The number of carbonyl (C=O) groups is 1. The number of aryl methyl sites for hydroxylation is 2. The molecule has 0 spiro atoms. The zero-order valence-electron chi connectivity index (χ0n) is 17.3. The highest BCUT2D eigenvalue weighted by atomic mass is 16.6. The van der Waals surface area contributed by atoms with E-state index in [1.54, 1.807) is 19.2 Å². The molecule has 9 heteroatoms. The maximum atomic E-state index is 13.2. The smallest absolute Gasteiger partial charge is 0.293 e. The number of rotatable bonds is 7. The number of nitro benzene ring substituents is 1. The van der Waals surface area contributed by atoms with E-state index in [0.29, 0.717) is 30.9 Å². The summed E-state index contributed by atoms with van der Waals surface area (Å²) in [6.07, 6.45) is 1.75. The molecule has 1 saturated heterocycles. The molecule has 3 rings (SSSR count). The van der Waals surface area contributed by atoms with Crippen molar-refractivity contribution in [2.45, 2.75) is 32.7 Å². The lowest BCUT2D eigenvalue weighted by Gasteiger charge is -2.25. The second kappa shape index (κ2) is 8.60. The van der Waals surface area contributed by atoms with E-state index in [2.05, 4.69) is 10.4 Å². The predicted octanol–water partition coefficient (Wildman–Crippen LogP) is 2.98. The Kier molecular flexibility index (Phi) is 6.17. The molecule has 1 atom stereocenters. The molecule has 1 N–H and O–H groups in total. The van der Waals surface area contributed by atoms with Crippen molar-refractivity contribution in [2.75, 3.05) is 32.1 Å². The molecule has 0 saturated carbocycles. The van der Waals surface area contributed by atoms with Crippen LogP contribution >= 0.6 is 0 Å². The number of benzene rings is 1. The molecule has 1 amide bonds. The normalized spacial score (nSPS) is 16.3. The van der Waals surface area contributed by atoms with Gasteiger partial charge in [-0.05, 0) is 38.8 Å². The molecule has 0 bridgehead atoms. The van der Waals surface area contributed by atoms with Crippen LogP contribution in [-0.4, -0.2) is 52.3 Å². The molecule has 1 fully saturated rings. The fourth-order valence-corrected chi connectivity index (χ4v) is 4.00. The molecule has 1 aliphatic rings. The van der Waals surface area contributed by atoms with Gasteiger partial charge in [0.25, 0.3) is 11.6 Å². The van der Waals surface area contributed by atoms with E-state index in [9.17, 15) is 14.9 Å². The van der Waals surface area contributed by atoms with Gasteiger partial charge in [-0.2, -0.15) is 5.10 Å². The van der Waals surface area contributed by atoms with Gasteiger partial charge in [-0.3, -0.25) is 19.6 Å². The van der Waals surface area contributed by atoms with Crippen LogP contribution in [0, 0.1) is 24.0 Å². The highest BCUT2D eigenvalue weighted by Gasteiger charge is 2.34. The number of hydrogen-bond donors (Lipinski definition) is 1. The zero-order chi connectivity index (χ0) is 21.1. The number of carbonyl (C=O) groups excluding carboxylic acids is 1.